The van der Waals surface area contributed by atoms with Gasteiger partial charge in [0, 0.05) is 6.04 Å². The Balaban J connectivity index is 1.92. The molecule has 1 saturated carbocycles. The van der Waals surface area contributed by atoms with Gasteiger partial charge in [0.15, 0.2) is 0 Å². The van der Waals surface area contributed by atoms with E-state index in [0.717, 1.165) is 24.0 Å². The van der Waals surface area contributed by atoms with Gasteiger partial charge in [-0.25, -0.2) is 0 Å². The van der Waals surface area contributed by atoms with Crippen molar-refractivity contribution in [3.8, 4) is 0 Å². The predicted octanol–water partition coefficient (Wildman–Crippen LogP) is 2.21. The molecule has 0 spiro atoms. The number of nitrogens with one attached hydrogen (secondary N) is 1. The first-order valence-electron chi connectivity index (χ1n) is 7.96. The van der Waals surface area contributed by atoms with Gasteiger partial charge in [-0.1, -0.05) is 49.9 Å². The summed E-state index contributed by atoms with van der Waals surface area (Å²) in [5.74, 6) is -0.334. The third kappa shape index (κ3) is 2.83. The molecule has 0 saturated heterocycles. The molecule has 0 radical (unpaired) electrons. The van der Waals surface area contributed by atoms with Crippen LogP contribution in [0.15, 0.2) is 24.3 Å². The first kappa shape index (κ1) is 14.5. The molecule has 3 rings (SSSR count). The highest BCUT2D eigenvalue weighted by molar-refractivity contribution is 5.87. The van der Waals surface area contributed by atoms with E-state index < -0.39 is 5.54 Å². The fourth-order valence-electron chi connectivity index (χ4n) is 3.62. The van der Waals surface area contributed by atoms with Crippen molar-refractivity contribution >= 4 is 5.91 Å². The van der Waals surface area contributed by atoms with Crippen LogP contribution in [0.5, 0.6) is 0 Å². The SMILES string of the molecule is NC(=O)C1(NC2CCCCCC2)COCc2ccccc21. The molecule has 3 N–H and O–H groups in total. The van der Waals surface area contributed by atoms with Crippen LogP contribution >= 0.6 is 0 Å². The van der Waals surface area contributed by atoms with Gasteiger partial charge in [-0.05, 0) is 24.0 Å². The Morgan fingerprint density at radius 2 is 1.90 bits per heavy atom. The summed E-state index contributed by atoms with van der Waals surface area (Å²) < 4.78 is 5.68. The molecule has 4 heteroatoms. The molecular formula is C17H24N2O2. The average molecular weight is 288 g/mol. The molecule has 1 aromatic carbocycles. The van der Waals surface area contributed by atoms with Crippen molar-refractivity contribution in [2.45, 2.75) is 56.7 Å². The van der Waals surface area contributed by atoms with E-state index in [0.29, 0.717) is 19.3 Å². The number of carbonyl (C=O) groups is 1. The number of ether oxygens (including phenoxy) is 1. The van der Waals surface area contributed by atoms with Gasteiger partial charge >= 0.3 is 0 Å². The summed E-state index contributed by atoms with van der Waals surface area (Å²) in [5, 5.41) is 3.57. The molecule has 4 nitrogen and oxygen atoms in total. The van der Waals surface area contributed by atoms with E-state index in [1.165, 1.54) is 25.7 Å². The summed E-state index contributed by atoms with van der Waals surface area (Å²) in [5.41, 5.74) is 6.97. The van der Waals surface area contributed by atoms with E-state index >= 15 is 0 Å². The molecule has 1 fully saturated rings. The van der Waals surface area contributed by atoms with Gasteiger partial charge in [-0.2, -0.15) is 0 Å². The monoisotopic (exact) mass is 288 g/mol. The second-order valence-electron chi connectivity index (χ2n) is 6.25. The molecule has 0 bridgehead atoms. The zero-order valence-corrected chi connectivity index (χ0v) is 12.4. The molecule has 1 aliphatic heterocycles. The van der Waals surface area contributed by atoms with E-state index in [-0.39, 0.29) is 5.91 Å². The lowest BCUT2D eigenvalue weighted by atomic mass is 9.83. The second-order valence-corrected chi connectivity index (χ2v) is 6.25. The minimum absolute atomic E-state index is 0.329. The van der Waals surface area contributed by atoms with Gasteiger partial charge in [-0.3, -0.25) is 10.1 Å². The largest absolute Gasteiger partial charge is 0.374 e. The Morgan fingerprint density at radius 3 is 2.62 bits per heavy atom. The fraction of sp³-hybridized carbons (Fsp3) is 0.588. The van der Waals surface area contributed by atoms with Crippen LogP contribution in [0, 0.1) is 0 Å². The molecule has 21 heavy (non-hydrogen) atoms. The minimum atomic E-state index is -0.871. The third-order valence-corrected chi connectivity index (χ3v) is 4.78. The Bertz CT molecular complexity index is 509. The number of fused-ring (bicyclic) bond motifs is 1. The maximum absolute atomic E-state index is 12.3. The molecule has 1 aromatic rings. The van der Waals surface area contributed by atoms with Crippen LogP contribution in [-0.4, -0.2) is 18.6 Å². The highest BCUT2D eigenvalue weighted by Gasteiger charge is 2.44. The molecule has 0 aromatic heterocycles. The first-order chi connectivity index (χ1) is 10.2. The molecule has 2 aliphatic rings. The molecule has 1 heterocycles. The smallest absolute Gasteiger partial charge is 0.244 e. The maximum atomic E-state index is 12.3. The fourth-order valence-corrected chi connectivity index (χ4v) is 3.62. The molecule has 1 atom stereocenters. The quantitative estimate of drug-likeness (QED) is 0.838. The predicted molar refractivity (Wildman–Crippen MR) is 81.6 cm³/mol. The van der Waals surface area contributed by atoms with Gasteiger partial charge < -0.3 is 10.5 Å². The molecule has 1 amide bonds. The molecular weight excluding hydrogens is 264 g/mol. The van der Waals surface area contributed by atoms with Crippen LogP contribution in [0.25, 0.3) is 0 Å². The van der Waals surface area contributed by atoms with Crippen LogP contribution in [0.4, 0.5) is 0 Å². The van der Waals surface area contributed by atoms with Crippen LogP contribution < -0.4 is 11.1 Å². The summed E-state index contributed by atoms with van der Waals surface area (Å²) in [6, 6.07) is 8.31. The zero-order chi connectivity index (χ0) is 14.7. The Morgan fingerprint density at radius 1 is 1.19 bits per heavy atom. The van der Waals surface area contributed by atoms with Crippen molar-refractivity contribution in [3.05, 3.63) is 35.4 Å². The molecule has 1 unspecified atom stereocenters. The lowest BCUT2D eigenvalue weighted by Crippen LogP contribution is -2.60. The van der Waals surface area contributed by atoms with E-state index in [4.69, 9.17) is 10.5 Å². The van der Waals surface area contributed by atoms with Crippen LogP contribution in [0.2, 0.25) is 0 Å². The Kier molecular flexibility index (Phi) is 4.27. The number of hydrogen-bond donors (Lipinski definition) is 2. The lowest BCUT2D eigenvalue weighted by Gasteiger charge is -2.39. The van der Waals surface area contributed by atoms with Gasteiger partial charge in [0.2, 0.25) is 5.91 Å². The van der Waals surface area contributed by atoms with Gasteiger partial charge in [0.1, 0.15) is 5.54 Å². The summed E-state index contributed by atoms with van der Waals surface area (Å²) in [4.78, 5) is 12.3. The highest BCUT2D eigenvalue weighted by Crippen LogP contribution is 2.32. The van der Waals surface area contributed by atoms with E-state index in [9.17, 15) is 4.79 Å². The normalized spacial score (nSPS) is 26.9. The van der Waals surface area contributed by atoms with E-state index in [1.807, 2.05) is 24.3 Å². The van der Waals surface area contributed by atoms with Crippen molar-refractivity contribution in [1.29, 1.82) is 0 Å². The number of primary amides is 1. The van der Waals surface area contributed by atoms with Crippen LogP contribution in [0.1, 0.15) is 49.7 Å². The van der Waals surface area contributed by atoms with Crippen molar-refractivity contribution in [2.24, 2.45) is 5.73 Å². The zero-order valence-electron chi connectivity index (χ0n) is 12.4. The van der Waals surface area contributed by atoms with Gasteiger partial charge in [0.25, 0.3) is 0 Å². The van der Waals surface area contributed by atoms with E-state index in [1.54, 1.807) is 0 Å². The number of hydrogen-bond acceptors (Lipinski definition) is 3. The topological polar surface area (TPSA) is 64.4 Å². The molecule has 114 valence electrons. The Labute approximate surface area is 126 Å². The number of carbonyl (C=O) groups excluding carboxylic acids is 1. The number of nitrogens with two attached hydrogens (primary N) is 1. The van der Waals surface area contributed by atoms with E-state index in [2.05, 4.69) is 5.32 Å². The van der Waals surface area contributed by atoms with Crippen LogP contribution in [-0.2, 0) is 21.7 Å². The summed E-state index contributed by atoms with van der Waals surface area (Å²) in [6.07, 6.45) is 7.22. The van der Waals surface area contributed by atoms with Crippen molar-refractivity contribution in [1.82, 2.24) is 5.32 Å². The lowest BCUT2D eigenvalue weighted by molar-refractivity contribution is -0.129. The number of amides is 1. The maximum Gasteiger partial charge on any atom is 0.244 e. The minimum Gasteiger partial charge on any atom is -0.374 e. The standard InChI is InChI=1S/C17H24N2O2/c18-16(20)17(19-14-8-3-1-2-4-9-14)12-21-11-13-7-5-6-10-15(13)17/h5-7,10,14,19H,1-4,8-9,11-12H2,(H2,18,20). The summed E-state index contributed by atoms with van der Waals surface area (Å²) >= 11 is 0. The molecule has 1 aliphatic carbocycles. The van der Waals surface area contributed by atoms with Crippen LogP contribution in [0.3, 0.4) is 0 Å². The van der Waals surface area contributed by atoms with Crippen molar-refractivity contribution in [2.75, 3.05) is 6.61 Å². The summed E-state index contributed by atoms with van der Waals surface area (Å²) in [7, 11) is 0. The van der Waals surface area contributed by atoms with Crippen molar-refractivity contribution < 1.29 is 9.53 Å². The third-order valence-electron chi connectivity index (χ3n) is 4.78. The first-order valence-corrected chi connectivity index (χ1v) is 7.96. The second kappa shape index (κ2) is 6.16. The van der Waals surface area contributed by atoms with Gasteiger partial charge in [0.05, 0.1) is 13.2 Å². The highest BCUT2D eigenvalue weighted by atomic mass is 16.5. The Hall–Kier alpha value is -1.39. The summed E-state index contributed by atoms with van der Waals surface area (Å²) in [6.45, 7) is 0.882. The van der Waals surface area contributed by atoms with Crippen molar-refractivity contribution in [3.63, 3.8) is 0 Å². The van der Waals surface area contributed by atoms with Gasteiger partial charge in [-0.15, -0.1) is 0 Å². The number of benzene rings is 1. The average Bonchev–Trinajstić information content (AvgIpc) is 2.76. The number of rotatable bonds is 3.